The van der Waals surface area contributed by atoms with Crippen LogP contribution in [0.1, 0.15) is 245 Å². The molecule has 0 radical (unpaired) electrons. The van der Waals surface area contributed by atoms with Gasteiger partial charge in [0.05, 0.1) is 25.2 Å². The van der Waals surface area contributed by atoms with Gasteiger partial charge in [0.25, 0.3) is 0 Å². The maximum Gasteiger partial charge on any atom is 0.306 e. The van der Waals surface area contributed by atoms with Crippen LogP contribution in [-0.2, 0) is 14.3 Å². The molecule has 0 aliphatic rings. The van der Waals surface area contributed by atoms with Crippen molar-refractivity contribution in [2.45, 2.75) is 264 Å². The fraction of sp³-hybridized carbons (Fsp3) is 0.955. The minimum atomic E-state index is -0.776. The molecule has 0 bridgehead atoms. The highest BCUT2D eigenvalue weighted by atomic mass is 16.5. The van der Waals surface area contributed by atoms with Gasteiger partial charge in [-0.2, -0.15) is 0 Å². The number of carbonyl (C=O) groups is 2. The summed E-state index contributed by atoms with van der Waals surface area (Å²) in [5, 5.41) is 23.6. The normalized spacial score (nSPS) is 13.3. The van der Waals surface area contributed by atoms with Gasteiger partial charge in [-0.3, -0.25) is 9.59 Å². The van der Waals surface area contributed by atoms with E-state index in [9.17, 15) is 19.8 Å². The van der Waals surface area contributed by atoms with Crippen molar-refractivity contribution in [3.63, 3.8) is 0 Å². The molecular formula is C44H87NO5. The molecule has 0 aromatic heterocycles. The van der Waals surface area contributed by atoms with Gasteiger partial charge < -0.3 is 20.3 Å². The first-order valence-corrected chi connectivity index (χ1v) is 22.3. The SMILES string of the molecule is CCCCCCCCCCCCCC(=O)OC(CCCCCCCCCCCC)CC(=O)NC(CO)C(O)CCCCCCCCCCCC. The first-order chi connectivity index (χ1) is 24.5. The van der Waals surface area contributed by atoms with Crippen LogP contribution in [0.3, 0.4) is 0 Å². The summed E-state index contributed by atoms with van der Waals surface area (Å²) in [5.41, 5.74) is 0. The Morgan fingerprint density at radius 1 is 0.500 bits per heavy atom. The van der Waals surface area contributed by atoms with Crippen molar-refractivity contribution in [2.24, 2.45) is 0 Å². The van der Waals surface area contributed by atoms with Gasteiger partial charge in [0.1, 0.15) is 6.10 Å². The van der Waals surface area contributed by atoms with Crippen LogP contribution in [0.4, 0.5) is 0 Å². The Morgan fingerprint density at radius 2 is 0.840 bits per heavy atom. The van der Waals surface area contributed by atoms with Crippen molar-refractivity contribution in [3.8, 4) is 0 Å². The molecule has 3 atom stereocenters. The van der Waals surface area contributed by atoms with Crippen LogP contribution >= 0.6 is 0 Å². The van der Waals surface area contributed by atoms with Crippen molar-refractivity contribution in [3.05, 3.63) is 0 Å². The van der Waals surface area contributed by atoms with Crippen LogP contribution in [0.2, 0.25) is 0 Å². The fourth-order valence-corrected chi connectivity index (χ4v) is 7.02. The van der Waals surface area contributed by atoms with Gasteiger partial charge in [-0.15, -0.1) is 0 Å². The number of amides is 1. The van der Waals surface area contributed by atoms with Gasteiger partial charge in [-0.1, -0.05) is 207 Å². The number of unbranched alkanes of at least 4 members (excludes halogenated alkanes) is 28. The predicted octanol–water partition coefficient (Wildman–Crippen LogP) is 12.4. The molecule has 0 aliphatic heterocycles. The van der Waals surface area contributed by atoms with Crippen molar-refractivity contribution in [1.82, 2.24) is 5.32 Å². The number of hydrogen-bond acceptors (Lipinski definition) is 5. The molecule has 6 nitrogen and oxygen atoms in total. The summed E-state index contributed by atoms with van der Waals surface area (Å²) >= 11 is 0. The van der Waals surface area contributed by atoms with Gasteiger partial charge in [0, 0.05) is 6.42 Å². The second kappa shape index (κ2) is 39.1. The van der Waals surface area contributed by atoms with Crippen LogP contribution in [0.25, 0.3) is 0 Å². The summed E-state index contributed by atoms with van der Waals surface area (Å²) in [7, 11) is 0. The number of rotatable bonds is 40. The minimum absolute atomic E-state index is 0.0862. The molecule has 0 aromatic carbocycles. The third kappa shape index (κ3) is 34.0. The van der Waals surface area contributed by atoms with Gasteiger partial charge in [-0.05, 0) is 25.7 Å². The lowest BCUT2D eigenvalue weighted by molar-refractivity contribution is -0.151. The van der Waals surface area contributed by atoms with E-state index in [1.807, 2.05) is 0 Å². The Bertz CT molecular complexity index is 717. The van der Waals surface area contributed by atoms with E-state index in [4.69, 9.17) is 4.74 Å². The third-order valence-corrected chi connectivity index (χ3v) is 10.4. The molecule has 0 spiro atoms. The lowest BCUT2D eigenvalue weighted by atomic mass is 10.0. The standard InChI is InChI=1S/C44H87NO5/c1-4-7-10-13-16-19-22-25-28-31-34-37-44(49)50-40(35-32-29-26-23-20-17-14-11-8-5-2)38-43(48)45-41(39-46)42(47)36-33-30-27-24-21-18-15-12-9-6-3/h40-42,46-47H,4-39H2,1-3H3,(H,45,48). The highest BCUT2D eigenvalue weighted by Gasteiger charge is 2.24. The highest BCUT2D eigenvalue weighted by molar-refractivity contribution is 5.77. The number of ether oxygens (including phenoxy) is 1. The van der Waals surface area contributed by atoms with Crippen LogP contribution in [0.5, 0.6) is 0 Å². The van der Waals surface area contributed by atoms with E-state index in [1.165, 1.54) is 154 Å². The van der Waals surface area contributed by atoms with Crippen LogP contribution in [-0.4, -0.2) is 46.9 Å². The number of aliphatic hydroxyl groups excluding tert-OH is 2. The largest absolute Gasteiger partial charge is 0.462 e. The fourth-order valence-electron chi connectivity index (χ4n) is 7.02. The first-order valence-electron chi connectivity index (χ1n) is 22.3. The molecule has 3 N–H and O–H groups in total. The van der Waals surface area contributed by atoms with E-state index in [-0.39, 0.29) is 24.9 Å². The van der Waals surface area contributed by atoms with Gasteiger partial charge >= 0.3 is 5.97 Å². The second-order valence-electron chi connectivity index (χ2n) is 15.5. The molecule has 0 aliphatic carbocycles. The van der Waals surface area contributed by atoms with Crippen LogP contribution in [0, 0.1) is 0 Å². The Labute approximate surface area is 311 Å². The van der Waals surface area contributed by atoms with Crippen molar-refractivity contribution in [2.75, 3.05) is 6.61 Å². The summed E-state index contributed by atoms with van der Waals surface area (Å²) in [6, 6.07) is -0.689. The topological polar surface area (TPSA) is 95.9 Å². The smallest absolute Gasteiger partial charge is 0.306 e. The molecule has 298 valence electrons. The lowest BCUT2D eigenvalue weighted by Crippen LogP contribution is -2.46. The summed E-state index contributed by atoms with van der Waals surface area (Å²) in [5.74, 6) is -0.462. The number of esters is 1. The van der Waals surface area contributed by atoms with Crippen LogP contribution < -0.4 is 5.32 Å². The quantitative estimate of drug-likeness (QED) is 0.0435. The Hall–Kier alpha value is -1.14. The summed E-state index contributed by atoms with van der Waals surface area (Å²) in [4.78, 5) is 25.9. The Kier molecular flexibility index (Phi) is 38.2. The van der Waals surface area contributed by atoms with E-state index in [0.717, 1.165) is 44.9 Å². The molecule has 0 saturated carbocycles. The number of carbonyl (C=O) groups excluding carboxylic acids is 2. The second-order valence-corrected chi connectivity index (χ2v) is 15.5. The molecule has 0 aromatic rings. The average Bonchev–Trinajstić information content (AvgIpc) is 3.10. The van der Waals surface area contributed by atoms with Gasteiger partial charge in [0.2, 0.25) is 5.91 Å². The Balaban J connectivity index is 4.54. The third-order valence-electron chi connectivity index (χ3n) is 10.4. The minimum Gasteiger partial charge on any atom is -0.462 e. The highest BCUT2D eigenvalue weighted by Crippen LogP contribution is 2.18. The summed E-state index contributed by atoms with van der Waals surface area (Å²) in [6.45, 7) is 6.45. The van der Waals surface area contributed by atoms with Crippen molar-refractivity contribution in [1.29, 1.82) is 0 Å². The van der Waals surface area contributed by atoms with E-state index in [0.29, 0.717) is 19.3 Å². The monoisotopic (exact) mass is 710 g/mol. The molecule has 1 amide bonds. The van der Waals surface area contributed by atoms with E-state index >= 15 is 0 Å². The molecule has 50 heavy (non-hydrogen) atoms. The van der Waals surface area contributed by atoms with Gasteiger partial charge in [-0.25, -0.2) is 0 Å². The van der Waals surface area contributed by atoms with E-state index < -0.39 is 18.2 Å². The summed E-state index contributed by atoms with van der Waals surface area (Å²) in [6.07, 6.45) is 38.7. The van der Waals surface area contributed by atoms with Crippen LogP contribution in [0.15, 0.2) is 0 Å². The van der Waals surface area contributed by atoms with Gasteiger partial charge in [0.15, 0.2) is 0 Å². The lowest BCUT2D eigenvalue weighted by Gasteiger charge is -2.24. The molecular weight excluding hydrogens is 622 g/mol. The zero-order valence-electron chi connectivity index (χ0n) is 33.8. The number of nitrogens with one attached hydrogen (secondary N) is 1. The Morgan fingerprint density at radius 3 is 1.22 bits per heavy atom. The maximum atomic E-state index is 13.1. The maximum absolute atomic E-state index is 13.1. The van der Waals surface area contributed by atoms with Crippen molar-refractivity contribution >= 4 is 11.9 Å². The number of aliphatic hydroxyl groups is 2. The zero-order chi connectivity index (χ0) is 36.8. The molecule has 6 heteroatoms. The summed E-state index contributed by atoms with van der Waals surface area (Å²) < 4.78 is 5.89. The molecule has 0 rings (SSSR count). The average molecular weight is 710 g/mol. The van der Waals surface area contributed by atoms with E-state index in [1.54, 1.807) is 0 Å². The van der Waals surface area contributed by atoms with E-state index in [2.05, 4.69) is 26.1 Å². The van der Waals surface area contributed by atoms with Crippen molar-refractivity contribution < 1.29 is 24.5 Å². The first kappa shape index (κ1) is 48.9. The molecule has 3 unspecified atom stereocenters. The zero-order valence-corrected chi connectivity index (χ0v) is 33.8. The molecule has 0 fully saturated rings. The number of hydrogen-bond donors (Lipinski definition) is 3. The molecule has 0 saturated heterocycles. The molecule has 0 heterocycles. The predicted molar refractivity (Wildman–Crippen MR) is 214 cm³/mol.